The van der Waals surface area contributed by atoms with E-state index in [-0.39, 0.29) is 17.5 Å². The van der Waals surface area contributed by atoms with Crippen molar-refractivity contribution in [2.75, 3.05) is 4.90 Å². The van der Waals surface area contributed by atoms with E-state index in [1.165, 1.54) is 16.5 Å². The Kier molecular flexibility index (Phi) is 5.74. The van der Waals surface area contributed by atoms with Crippen LogP contribution in [0, 0.1) is 0 Å². The Balaban J connectivity index is 1.28. The molecule has 6 aromatic rings. The molecule has 5 aromatic carbocycles. The highest BCUT2D eigenvalue weighted by Gasteiger charge is 2.43. The van der Waals surface area contributed by atoms with Gasteiger partial charge in [0.25, 0.3) is 6.71 Å². The van der Waals surface area contributed by atoms with Crippen LogP contribution in [-0.2, 0) is 10.8 Å². The summed E-state index contributed by atoms with van der Waals surface area (Å²) in [7, 11) is 0. The fraction of sp³-hybridized carbons (Fsp3) is 0.200. The van der Waals surface area contributed by atoms with Crippen molar-refractivity contribution in [1.29, 1.82) is 0 Å². The fourth-order valence-electron chi connectivity index (χ4n) is 7.64. The van der Waals surface area contributed by atoms with Crippen LogP contribution in [0.1, 0.15) is 51.7 Å². The Morgan fingerprint density at radius 3 is 1.80 bits per heavy atom. The van der Waals surface area contributed by atoms with Crippen molar-refractivity contribution < 1.29 is 9.47 Å². The summed E-state index contributed by atoms with van der Waals surface area (Å²) in [6.07, 6.45) is 2.30. The number of nitrogens with zero attached hydrogens (tertiary/aromatic N) is 3. The lowest BCUT2D eigenvalue weighted by molar-refractivity contribution is 0.332. The minimum atomic E-state index is -0.0742. The van der Waals surface area contributed by atoms with Crippen LogP contribution < -0.4 is 30.8 Å². The molecule has 9 rings (SSSR count). The molecule has 6 heteroatoms. The van der Waals surface area contributed by atoms with E-state index in [2.05, 4.69) is 118 Å². The first-order valence-corrected chi connectivity index (χ1v) is 16.2. The van der Waals surface area contributed by atoms with Crippen molar-refractivity contribution in [3.8, 4) is 23.3 Å². The van der Waals surface area contributed by atoms with E-state index >= 15 is 0 Å². The normalized spacial score (nSPS) is 16.3. The molecule has 2 aliphatic heterocycles. The van der Waals surface area contributed by atoms with Crippen molar-refractivity contribution >= 4 is 51.2 Å². The number of benzene rings is 5. The predicted molar refractivity (Wildman–Crippen MR) is 187 cm³/mol. The molecule has 0 saturated carbocycles. The number of ether oxygens (including phenoxy) is 2. The number of para-hydroxylation sites is 2. The summed E-state index contributed by atoms with van der Waals surface area (Å²) < 4.78 is 13.1. The van der Waals surface area contributed by atoms with Crippen LogP contribution >= 0.6 is 0 Å². The van der Waals surface area contributed by atoms with Crippen LogP contribution in [-0.4, -0.2) is 16.7 Å². The van der Waals surface area contributed by atoms with E-state index in [1.54, 1.807) is 0 Å². The Hall–Kier alpha value is -5.10. The van der Waals surface area contributed by atoms with Gasteiger partial charge in [-0.25, -0.2) is 0 Å². The minimum absolute atomic E-state index is 0.0471. The molecule has 3 heterocycles. The quantitative estimate of drug-likeness (QED) is 0.192. The van der Waals surface area contributed by atoms with E-state index in [4.69, 9.17) is 19.4 Å². The average molecular weight is 600 g/mol. The smallest absolute Gasteiger partial charge is 0.265 e. The van der Waals surface area contributed by atoms with Gasteiger partial charge in [-0.05, 0) is 92.9 Å². The Morgan fingerprint density at radius 1 is 0.587 bits per heavy atom. The van der Waals surface area contributed by atoms with Gasteiger partial charge >= 0.3 is 0 Å². The predicted octanol–water partition coefficient (Wildman–Crippen LogP) is 8.18. The van der Waals surface area contributed by atoms with Crippen molar-refractivity contribution in [3.63, 3.8) is 0 Å². The molecule has 0 atom stereocenters. The SMILES string of the molecule is CC1(C)CCC(C)(C)c2cc(N(c3ccc4ccccc4c3)c3nc4c5c(n3)Oc3ccccc3B5c3ccccc3O4)ccc21. The molecule has 3 aliphatic rings. The monoisotopic (exact) mass is 599 g/mol. The van der Waals surface area contributed by atoms with Gasteiger partial charge in [0.15, 0.2) is 0 Å². The summed E-state index contributed by atoms with van der Waals surface area (Å²) in [6.45, 7) is 9.37. The highest BCUT2D eigenvalue weighted by molar-refractivity contribution is 6.98. The number of rotatable bonds is 3. The van der Waals surface area contributed by atoms with E-state index < -0.39 is 0 Å². The van der Waals surface area contributed by atoms with Crippen molar-refractivity contribution in [1.82, 2.24) is 9.97 Å². The number of hydrogen-bond donors (Lipinski definition) is 0. The highest BCUT2D eigenvalue weighted by Crippen LogP contribution is 2.48. The third-order valence-electron chi connectivity index (χ3n) is 10.3. The first kappa shape index (κ1) is 27.2. The van der Waals surface area contributed by atoms with Crippen LogP contribution in [0.3, 0.4) is 0 Å². The topological polar surface area (TPSA) is 47.5 Å². The number of anilines is 3. The molecule has 0 bridgehead atoms. The second-order valence-corrected chi connectivity index (χ2v) is 14.1. The maximum atomic E-state index is 6.57. The molecule has 0 spiro atoms. The second-order valence-electron chi connectivity index (χ2n) is 14.1. The maximum Gasteiger partial charge on any atom is 0.265 e. The van der Waals surface area contributed by atoms with Gasteiger partial charge < -0.3 is 9.47 Å². The summed E-state index contributed by atoms with van der Waals surface area (Å²) in [5.41, 5.74) is 7.99. The molecule has 224 valence electrons. The van der Waals surface area contributed by atoms with Gasteiger partial charge in [-0.1, -0.05) is 100 Å². The van der Waals surface area contributed by atoms with Gasteiger partial charge in [0.1, 0.15) is 11.5 Å². The van der Waals surface area contributed by atoms with Crippen molar-refractivity contribution in [3.05, 3.63) is 120 Å². The zero-order valence-corrected chi connectivity index (χ0v) is 26.5. The van der Waals surface area contributed by atoms with Gasteiger partial charge in [-0.15, -0.1) is 0 Å². The molecular weight excluding hydrogens is 565 g/mol. The Bertz CT molecular complexity index is 2140. The number of fused-ring (bicyclic) bond motifs is 6. The van der Waals surface area contributed by atoms with E-state index in [9.17, 15) is 0 Å². The fourth-order valence-corrected chi connectivity index (χ4v) is 7.64. The molecule has 0 N–H and O–H groups in total. The largest absolute Gasteiger partial charge is 0.440 e. The standard InChI is InChI=1S/C40H34BN3O2/c1-39(2)21-22-40(3,4)30-24-28(19-20-29(30)39)44(27-18-17-25-11-5-6-12-26(25)23-27)38-42-36-35-37(43-38)46-34-16-10-8-14-32(34)41(35)31-13-7-9-15-33(31)45-36/h5-20,23-24H,21-22H2,1-4H3. The van der Waals surface area contributed by atoms with Crippen LogP contribution in [0.15, 0.2) is 109 Å². The lowest BCUT2D eigenvalue weighted by Gasteiger charge is -2.42. The highest BCUT2D eigenvalue weighted by atomic mass is 16.5. The average Bonchev–Trinajstić information content (AvgIpc) is 3.07. The molecule has 1 aromatic heterocycles. The Labute approximate surface area is 269 Å². The summed E-state index contributed by atoms with van der Waals surface area (Å²) in [4.78, 5) is 12.6. The first-order valence-electron chi connectivity index (χ1n) is 16.2. The molecule has 0 saturated heterocycles. The van der Waals surface area contributed by atoms with Crippen molar-refractivity contribution in [2.24, 2.45) is 0 Å². The van der Waals surface area contributed by atoms with Crippen LogP contribution in [0.5, 0.6) is 23.3 Å². The third-order valence-corrected chi connectivity index (χ3v) is 10.3. The van der Waals surface area contributed by atoms with E-state index in [1.807, 2.05) is 24.3 Å². The lowest BCUT2D eigenvalue weighted by Crippen LogP contribution is -2.57. The molecule has 0 unspecified atom stereocenters. The van der Waals surface area contributed by atoms with Gasteiger partial charge in [-0.2, -0.15) is 9.97 Å². The maximum absolute atomic E-state index is 6.57. The molecule has 1 aliphatic carbocycles. The first-order chi connectivity index (χ1) is 22.3. The molecule has 5 nitrogen and oxygen atoms in total. The van der Waals surface area contributed by atoms with E-state index in [0.717, 1.165) is 57.5 Å². The third kappa shape index (κ3) is 4.09. The minimum Gasteiger partial charge on any atom is -0.440 e. The Morgan fingerprint density at radius 2 is 1.13 bits per heavy atom. The second kappa shape index (κ2) is 9.70. The molecule has 46 heavy (non-hydrogen) atoms. The lowest BCUT2D eigenvalue weighted by atomic mass is 9.35. The zero-order valence-electron chi connectivity index (χ0n) is 26.5. The van der Waals surface area contributed by atoms with Gasteiger partial charge in [0, 0.05) is 11.4 Å². The van der Waals surface area contributed by atoms with E-state index in [0.29, 0.717) is 17.7 Å². The van der Waals surface area contributed by atoms with Crippen LogP contribution in [0.2, 0.25) is 0 Å². The summed E-state index contributed by atoms with van der Waals surface area (Å²) >= 11 is 0. The van der Waals surface area contributed by atoms with Gasteiger partial charge in [0.2, 0.25) is 17.7 Å². The molecular formula is C40H34BN3O2. The number of hydrogen-bond acceptors (Lipinski definition) is 5. The van der Waals surface area contributed by atoms with Gasteiger partial charge in [-0.3, -0.25) is 4.90 Å². The summed E-state index contributed by atoms with van der Waals surface area (Å²) in [6, 6.07) is 38.3. The zero-order chi connectivity index (χ0) is 31.2. The molecule has 0 amide bonds. The van der Waals surface area contributed by atoms with Crippen molar-refractivity contribution in [2.45, 2.75) is 51.4 Å². The molecule has 0 radical (unpaired) electrons. The van der Waals surface area contributed by atoms with Gasteiger partial charge in [0.05, 0.1) is 5.46 Å². The van der Waals surface area contributed by atoms with Crippen LogP contribution in [0.4, 0.5) is 17.3 Å². The van der Waals surface area contributed by atoms with Crippen LogP contribution in [0.25, 0.3) is 10.8 Å². The summed E-state index contributed by atoms with van der Waals surface area (Å²) in [5, 5.41) is 2.34. The summed E-state index contributed by atoms with van der Waals surface area (Å²) in [5.74, 6) is 3.19. The molecule has 0 fully saturated rings. The number of aromatic nitrogens is 2.